The second-order valence-corrected chi connectivity index (χ2v) is 10.1. The molecule has 7 nitrogen and oxygen atoms in total. The molecule has 1 unspecified atom stereocenters. The SMILES string of the molecule is [2H]c1nc(N(C)c2cc(C#C)ccc2C)c2c([2H])c(OCCOC(C)(C)C)c(OC(C)COC(C)C)c([2H])c2n1. The largest absolute Gasteiger partial charge is 0.487 e. The van der Waals surface area contributed by atoms with Crippen LogP contribution in [0, 0.1) is 19.3 Å². The van der Waals surface area contributed by atoms with Crippen LogP contribution in [0.1, 0.15) is 56.8 Å². The van der Waals surface area contributed by atoms with Gasteiger partial charge in [-0.25, -0.2) is 9.97 Å². The summed E-state index contributed by atoms with van der Waals surface area (Å²) in [6, 6.07) is 5.43. The molecule has 0 fully saturated rings. The van der Waals surface area contributed by atoms with Gasteiger partial charge in [-0.05, 0) is 72.2 Å². The summed E-state index contributed by atoms with van der Waals surface area (Å²) in [5.74, 6) is 3.06. The summed E-state index contributed by atoms with van der Waals surface area (Å²) >= 11 is 0. The topological polar surface area (TPSA) is 65.9 Å². The molecule has 0 amide bonds. The van der Waals surface area contributed by atoms with Crippen LogP contribution in [0.25, 0.3) is 10.9 Å². The fraction of sp³-hybridized carbons (Fsp3) is 0.467. The van der Waals surface area contributed by atoms with Crippen LogP contribution in [0.2, 0.25) is 0 Å². The van der Waals surface area contributed by atoms with Crippen LogP contribution in [0.15, 0.2) is 36.6 Å². The lowest BCUT2D eigenvalue weighted by molar-refractivity contribution is -0.0170. The first-order chi connectivity index (χ1) is 18.7. The summed E-state index contributed by atoms with van der Waals surface area (Å²) in [4.78, 5) is 10.4. The van der Waals surface area contributed by atoms with Gasteiger partial charge in [0.25, 0.3) is 0 Å². The third-order valence-corrected chi connectivity index (χ3v) is 5.36. The van der Waals surface area contributed by atoms with Crippen molar-refractivity contribution in [1.29, 1.82) is 0 Å². The van der Waals surface area contributed by atoms with Crippen LogP contribution in [0.4, 0.5) is 11.5 Å². The van der Waals surface area contributed by atoms with Crippen LogP contribution < -0.4 is 14.4 Å². The molecule has 0 aliphatic heterocycles. The van der Waals surface area contributed by atoms with Crippen molar-refractivity contribution in [2.24, 2.45) is 0 Å². The van der Waals surface area contributed by atoms with Crippen LogP contribution in [0.3, 0.4) is 0 Å². The van der Waals surface area contributed by atoms with E-state index in [4.69, 9.17) is 28.1 Å². The predicted molar refractivity (Wildman–Crippen MR) is 149 cm³/mol. The van der Waals surface area contributed by atoms with Gasteiger partial charge in [-0.15, -0.1) is 6.42 Å². The molecule has 1 aromatic heterocycles. The Morgan fingerprint density at radius 3 is 2.54 bits per heavy atom. The second-order valence-electron chi connectivity index (χ2n) is 10.1. The Bertz CT molecular complexity index is 1400. The number of anilines is 2. The minimum Gasteiger partial charge on any atom is -0.487 e. The highest BCUT2D eigenvalue weighted by molar-refractivity contribution is 5.94. The minimum absolute atomic E-state index is 0.00303. The van der Waals surface area contributed by atoms with Gasteiger partial charge < -0.3 is 23.8 Å². The molecule has 0 N–H and O–H groups in total. The van der Waals surface area contributed by atoms with Crippen molar-refractivity contribution in [1.82, 2.24) is 9.97 Å². The molecular formula is C30H39N3O4. The Kier molecular flexibility index (Phi) is 7.96. The standard InChI is InChI=1S/C30H39N3O4/c1-10-23-12-11-21(4)26(15-23)33(9)29-24-16-27(34-13-14-36-30(6,7)8)28(17-25(24)31-19-32-29)37-22(5)18-35-20(2)3/h1,11-12,15-17,19-20,22H,13-14,18H2,2-9H3/i16D,17D,19D. The zero-order valence-corrected chi connectivity index (χ0v) is 23.1. The molecule has 2 aromatic carbocycles. The van der Waals surface area contributed by atoms with E-state index in [9.17, 15) is 1.37 Å². The van der Waals surface area contributed by atoms with E-state index in [1.165, 1.54) is 0 Å². The Balaban J connectivity index is 2.19. The van der Waals surface area contributed by atoms with Crippen molar-refractivity contribution >= 4 is 22.4 Å². The van der Waals surface area contributed by atoms with Crippen molar-refractivity contribution in [3.63, 3.8) is 0 Å². The number of benzene rings is 2. The molecule has 3 rings (SSSR count). The smallest absolute Gasteiger partial charge is 0.163 e. The van der Waals surface area contributed by atoms with Crippen molar-refractivity contribution in [2.45, 2.75) is 66.3 Å². The van der Waals surface area contributed by atoms with E-state index in [0.29, 0.717) is 5.56 Å². The molecule has 3 aromatic rings. The average molecular weight is 509 g/mol. The van der Waals surface area contributed by atoms with Crippen LogP contribution >= 0.6 is 0 Å². The molecule has 0 aliphatic rings. The molecular weight excluding hydrogens is 466 g/mol. The maximum absolute atomic E-state index is 9.19. The quantitative estimate of drug-likeness (QED) is 0.230. The fourth-order valence-electron chi connectivity index (χ4n) is 3.54. The van der Waals surface area contributed by atoms with E-state index >= 15 is 0 Å². The normalized spacial score (nSPS) is 13.6. The Morgan fingerprint density at radius 2 is 1.86 bits per heavy atom. The van der Waals surface area contributed by atoms with Crippen molar-refractivity contribution in [2.75, 3.05) is 31.8 Å². The summed E-state index contributed by atoms with van der Waals surface area (Å²) in [5, 5.41) is 0.263. The number of fused-ring (bicyclic) bond motifs is 1. The molecule has 1 atom stereocenters. The Hall–Kier alpha value is -3.34. The van der Waals surface area contributed by atoms with E-state index in [1.54, 1.807) is 11.9 Å². The maximum atomic E-state index is 9.19. The highest BCUT2D eigenvalue weighted by Crippen LogP contribution is 2.38. The summed E-state index contributed by atoms with van der Waals surface area (Å²) in [6.07, 6.45) is 4.91. The average Bonchev–Trinajstić information content (AvgIpc) is 2.88. The first kappa shape index (κ1) is 24.0. The zero-order chi connectivity index (χ0) is 29.8. The van der Waals surface area contributed by atoms with Gasteiger partial charge in [0, 0.05) is 29.7 Å². The van der Waals surface area contributed by atoms with Gasteiger partial charge in [0.1, 0.15) is 26.2 Å². The number of aromatic nitrogens is 2. The zero-order valence-electron chi connectivity index (χ0n) is 26.1. The molecule has 0 bridgehead atoms. The minimum atomic E-state index is -0.440. The highest BCUT2D eigenvalue weighted by atomic mass is 16.6. The fourth-order valence-corrected chi connectivity index (χ4v) is 3.54. The first-order valence-electron chi connectivity index (χ1n) is 13.9. The van der Waals surface area contributed by atoms with Gasteiger partial charge in [0.15, 0.2) is 11.5 Å². The van der Waals surface area contributed by atoms with E-state index in [0.717, 1.165) is 11.3 Å². The van der Waals surface area contributed by atoms with E-state index < -0.39 is 6.10 Å². The molecule has 0 saturated heterocycles. The Morgan fingerprint density at radius 1 is 1.11 bits per heavy atom. The number of hydrogen-bond donors (Lipinski definition) is 0. The van der Waals surface area contributed by atoms with Crippen molar-refractivity contribution in [3.8, 4) is 23.8 Å². The summed E-state index contributed by atoms with van der Waals surface area (Å²) < 4.78 is 50.2. The van der Waals surface area contributed by atoms with Crippen molar-refractivity contribution in [3.05, 3.63) is 47.7 Å². The van der Waals surface area contributed by atoms with E-state index in [2.05, 4.69) is 15.9 Å². The number of aryl methyl sites for hydroxylation is 1. The van der Waals surface area contributed by atoms with Gasteiger partial charge >= 0.3 is 0 Å². The van der Waals surface area contributed by atoms with E-state index in [1.807, 2.05) is 66.7 Å². The third-order valence-electron chi connectivity index (χ3n) is 5.36. The molecule has 198 valence electrons. The third kappa shape index (κ3) is 7.82. The van der Waals surface area contributed by atoms with Gasteiger partial charge in [0.05, 0.1) is 33.2 Å². The van der Waals surface area contributed by atoms with Gasteiger partial charge in [-0.3, -0.25) is 0 Å². The predicted octanol–water partition coefficient (Wildman–Crippen LogP) is 6.07. The number of rotatable bonds is 11. The van der Waals surface area contributed by atoms with Crippen molar-refractivity contribution < 1.29 is 23.1 Å². The monoisotopic (exact) mass is 508 g/mol. The second kappa shape index (κ2) is 12.3. The summed E-state index contributed by atoms with van der Waals surface area (Å²) in [7, 11) is 1.78. The number of nitrogens with zero attached hydrogens (tertiary/aromatic N) is 3. The lowest BCUT2D eigenvalue weighted by atomic mass is 10.1. The lowest BCUT2D eigenvalue weighted by Gasteiger charge is -2.24. The van der Waals surface area contributed by atoms with Crippen LogP contribution in [-0.2, 0) is 9.47 Å². The highest BCUT2D eigenvalue weighted by Gasteiger charge is 2.19. The number of ether oxygens (including phenoxy) is 4. The molecule has 1 heterocycles. The molecule has 0 spiro atoms. The molecule has 0 radical (unpaired) electrons. The molecule has 7 heteroatoms. The lowest BCUT2D eigenvalue weighted by Crippen LogP contribution is -2.23. The van der Waals surface area contributed by atoms with Crippen LogP contribution in [0.5, 0.6) is 11.5 Å². The molecule has 0 aliphatic carbocycles. The number of terminal acetylenes is 1. The first-order valence-corrected chi connectivity index (χ1v) is 12.4. The van der Waals surface area contributed by atoms with Crippen LogP contribution in [-0.4, -0.2) is 54.6 Å². The number of hydrogen-bond acceptors (Lipinski definition) is 7. The Labute approximate surface area is 225 Å². The summed E-state index contributed by atoms with van der Waals surface area (Å²) in [6.45, 7) is 14.1. The molecule has 0 saturated carbocycles. The molecule has 37 heavy (non-hydrogen) atoms. The summed E-state index contributed by atoms with van der Waals surface area (Å²) in [5.41, 5.74) is 2.11. The van der Waals surface area contributed by atoms with Gasteiger partial charge in [-0.1, -0.05) is 12.0 Å². The van der Waals surface area contributed by atoms with Gasteiger partial charge in [-0.2, -0.15) is 0 Å². The maximum Gasteiger partial charge on any atom is 0.163 e. The van der Waals surface area contributed by atoms with Gasteiger partial charge in [0.2, 0.25) is 0 Å². The van der Waals surface area contributed by atoms with E-state index in [-0.39, 0.29) is 78.1 Å².